The third kappa shape index (κ3) is 3.96. The van der Waals surface area contributed by atoms with Crippen LogP contribution in [0.4, 0.5) is 5.69 Å². The summed E-state index contributed by atoms with van der Waals surface area (Å²) >= 11 is 0. The Morgan fingerprint density at radius 2 is 1.89 bits per heavy atom. The van der Waals surface area contributed by atoms with E-state index in [4.69, 9.17) is 5.11 Å². The van der Waals surface area contributed by atoms with E-state index in [1.165, 1.54) is 24.9 Å². The zero-order valence-electron chi connectivity index (χ0n) is 11.4. The second-order valence-electron chi connectivity index (χ2n) is 5.15. The Balaban J connectivity index is 1.89. The van der Waals surface area contributed by atoms with E-state index in [2.05, 4.69) is 34.5 Å². The van der Waals surface area contributed by atoms with Crippen LogP contribution in [0, 0.1) is 0 Å². The molecule has 2 rings (SSSR count). The van der Waals surface area contributed by atoms with Crippen LogP contribution in [0.1, 0.15) is 31.7 Å². The van der Waals surface area contributed by atoms with Crippen LogP contribution in [0.5, 0.6) is 0 Å². The number of carboxylic acid groups (broad SMARTS) is 1. The van der Waals surface area contributed by atoms with Crippen LogP contribution in [0.3, 0.4) is 0 Å². The van der Waals surface area contributed by atoms with Gasteiger partial charge in [-0.2, -0.15) is 0 Å². The second-order valence-corrected chi connectivity index (χ2v) is 5.15. The molecule has 1 fully saturated rings. The van der Waals surface area contributed by atoms with Gasteiger partial charge in [0.05, 0.1) is 0 Å². The summed E-state index contributed by atoms with van der Waals surface area (Å²) in [6.45, 7) is 4.54. The summed E-state index contributed by atoms with van der Waals surface area (Å²) in [5.41, 5.74) is 2.39. The van der Waals surface area contributed by atoms with Crippen LogP contribution in [-0.2, 0) is 11.3 Å². The van der Waals surface area contributed by atoms with E-state index in [9.17, 15) is 4.79 Å². The van der Waals surface area contributed by atoms with Crippen molar-refractivity contribution in [2.45, 2.75) is 38.8 Å². The molecule has 1 atom stereocenters. The number of piperidine rings is 1. The third-order valence-electron chi connectivity index (χ3n) is 3.64. The highest BCUT2D eigenvalue weighted by Crippen LogP contribution is 2.20. The van der Waals surface area contributed by atoms with Crippen LogP contribution in [0.25, 0.3) is 0 Å². The lowest BCUT2D eigenvalue weighted by atomic mass is 10.1. The Bertz CT molecular complexity index is 411. The number of anilines is 1. The Morgan fingerprint density at radius 1 is 1.26 bits per heavy atom. The van der Waals surface area contributed by atoms with Crippen molar-refractivity contribution in [1.82, 2.24) is 5.32 Å². The maximum atomic E-state index is 10.7. The quantitative estimate of drug-likeness (QED) is 0.854. The Morgan fingerprint density at radius 3 is 2.47 bits per heavy atom. The van der Waals surface area contributed by atoms with Crippen LogP contribution >= 0.6 is 0 Å². The van der Waals surface area contributed by atoms with Gasteiger partial charge in [0.15, 0.2) is 0 Å². The normalized spacial score (nSPS) is 17.2. The molecular formula is C15H22N2O2. The average molecular weight is 262 g/mol. The standard InChI is InChI=1S/C15H22N2O2/c1-12(15(18)19)16-11-13-5-7-14(8-6-13)17-9-3-2-4-10-17/h5-8,12,16H,2-4,9-11H2,1H3,(H,18,19). The minimum absolute atomic E-state index is 0.512. The van der Waals surface area contributed by atoms with Gasteiger partial charge < -0.3 is 15.3 Å². The fraction of sp³-hybridized carbons (Fsp3) is 0.533. The lowest BCUT2D eigenvalue weighted by molar-refractivity contribution is -0.139. The molecule has 19 heavy (non-hydrogen) atoms. The number of hydrogen-bond donors (Lipinski definition) is 2. The molecule has 0 bridgehead atoms. The summed E-state index contributed by atoms with van der Waals surface area (Å²) < 4.78 is 0. The molecule has 0 aliphatic carbocycles. The average Bonchev–Trinajstić information content (AvgIpc) is 2.46. The van der Waals surface area contributed by atoms with E-state index in [1.54, 1.807) is 6.92 Å². The van der Waals surface area contributed by atoms with Crippen molar-refractivity contribution < 1.29 is 9.90 Å². The lowest BCUT2D eigenvalue weighted by Gasteiger charge is -2.28. The van der Waals surface area contributed by atoms with Gasteiger partial charge in [-0.25, -0.2) is 0 Å². The summed E-state index contributed by atoms with van der Waals surface area (Å²) in [5, 5.41) is 11.8. The van der Waals surface area contributed by atoms with Crippen molar-refractivity contribution in [3.63, 3.8) is 0 Å². The molecule has 0 saturated carbocycles. The van der Waals surface area contributed by atoms with Crippen LogP contribution < -0.4 is 10.2 Å². The predicted octanol–water partition coefficient (Wildman–Crippen LogP) is 2.24. The smallest absolute Gasteiger partial charge is 0.320 e. The molecule has 1 aromatic rings. The molecule has 4 heteroatoms. The maximum Gasteiger partial charge on any atom is 0.320 e. The first-order chi connectivity index (χ1) is 9.16. The number of nitrogens with one attached hydrogen (secondary N) is 1. The lowest BCUT2D eigenvalue weighted by Crippen LogP contribution is -2.33. The fourth-order valence-corrected chi connectivity index (χ4v) is 2.33. The zero-order valence-corrected chi connectivity index (χ0v) is 11.4. The molecule has 4 nitrogen and oxygen atoms in total. The third-order valence-corrected chi connectivity index (χ3v) is 3.64. The summed E-state index contributed by atoms with van der Waals surface area (Å²) in [4.78, 5) is 13.1. The molecule has 0 radical (unpaired) electrons. The van der Waals surface area contributed by atoms with Crippen molar-refractivity contribution in [1.29, 1.82) is 0 Å². The molecule has 2 N–H and O–H groups in total. The maximum absolute atomic E-state index is 10.7. The van der Waals surface area contributed by atoms with Gasteiger partial charge in [0.1, 0.15) is 6.04 Å². The first-order valence-electron chi connectivity index (χ1n) is 6.97. The summed E-state index contributed by atoms with van der Waals surface area (Å²) in [7, 11) is 0. The van der Waals surface area contributed by atoms with Crippen molar-refractivity contribution >= 4 is 11.7 Å². The minimum Gasteiger partial charge on any atom is -0.480 e. The highest BCUT2D eigenvalue weighted by Gasteiger charge is 2.11. The van der Waals surface area contributed by atoms with Crippen molar-refractivity contribution in [2.24, 2.45) is 0 Å². The predicted molar refractivity (Wildman–Crippen MR) is 76.4 cm³/mol. The number of rotatable bonds is 5. The second kappa shape index (κ2) is 6.57. The van der Waals surface area contributed by atoms with Crippen LogP contribution in [-0.4, -0.2) is 30.2 Å². The molecule has 1 unspecified atom stereocenters. The van der Waals surface area contributed by atoms with Gasteiger partial charge in [-0.1, -0.05) is 12.1 Å². The number of aliphatic carboxylic acids is 1. The summed E-state index contributed by atoms with van der Waals surface area (Å²) in [6.07, 6.45) is 3.89. The van der Waals surface area contributed by atoms with E-state index in [0.717, 1.165) is 18.7 Å². The topological polar surface area (TPSA) is 52.6 Å². The highest BCUT2D eigenvalue weighted by molar-refractivity contribution is 5.72. The van der Waals surface area contributed by atoms with Gasteiger partial charge in [0, 0.05) is 25.3 Å². The van der Waals surface area contributed by atoms with E-state index in [-0.39, 0.29) is 0 Å². The Kier molecular flexibility index (Phi) is 4.80. The molecule has 0 amide bonds. The van der Waals surface area contributed by atoms with Gasteiger partial charge in [0.25, 0.3) is 0 Å². The van der Waals surface area contributed by atoms with E-state index in [1.807, 2.05) is 0 Å². The molecule has 1 saturated heterocycles. The number of carbonyl (C=O) groups is 1. The van der Waals surface area contributed by atoms with Crippen molar-refractivity contribution in [2.75, 3.05) is 18.0 Å². The van der Waals surface area contributed by atoms with E-state index < -0.39 is 12.0 Å². The fourth-order valence-electron chi connectivity index (χ4n) is 2.33. The van der Waals surface area contributed by atoms with Gasteiger partial charge in [-0.15, -0.1) is 0 Å². The molecule has 1 aliphatic rings. The summed E-state index contributed by atoms with van der Waals surface area (Å²) in [6, 6.07) is 7.90. The van der Waals surface area contributed by atoms with Gasteiger partial charge in [0.2, 0.25) is 0 Å². The molecular weight excluding hydrogens is 240 g/mol. The molecule has 104 valence electrons. The SMILES string of the molecule is CC(NCc1ccc(N2CCCCC2)cc1)C(=O)O. The van der Waals surface area contributed by atoms with Crippen LogP contribution in [0.2, 0.25) is 0 Å². The molecule has 0 aromatic heterocycles. The highest BCUT2D eigenvalue weighted by atomic mass is 16.4. The largest absolute Gasteiger partial charge is 0.480 e. The molecule has 1 aromatic carbocycles. The van der Waals surface area contributed by atoms with Gasteiger partial charge in [-0.3, -0.25) is 4.79 Å². The van der Waals surface area contributed by atoms with Crippen molar-refractivity contribution in [3.05, 3.63) is 29.8 Å². The Hall–Kier alpha value is -1.55. The van der Waals surface area contributed by atoms with E-state index in [0.29, 0.717) is 6.54 Å². The molecule has 0 spiro atoms. The number of hydrogen-bond acceptors (Lipinski definition) is 3. The number of carboxylic acids is 1. The minimum atomic E-state index is -0.815. The van der Waals surface area contributed by atoms with Crippen LogP contribution in [0.15, 0.2) is 24.3 Å². The number of benzene rings is 1. The zero-order chi connectivity index (χ0) is 13.7. The van der Waals surface area contributed by atoms with E-state index >= 15 is 0 Å². The van der Waals surface area contributed by atoms with Gasteiger partial charge in [-0.05, 0) is 43.9 Å². The van der Waals surface area contributed by atoms with Gasteiger partial charge >= 0.3 is 5.97 Å². The molecule has 1 aliphatic heterocycles. The first kappa shape index (κ1) is 13.9. The summed E-state index contributed by atoms with van der Waals surface area (Å²) in [5.74, 6) is -0.815. The van der Waals surface area contributed by atoms with Crippen molar-refractivity contribution in [3.8, 4) is 0 Å². The number of nitrogens with zero attached hydrogens (tertiary/aromatic N) is 1. The monoisotopic (exact) mass is 262 g/mol. The molecule has 1 heterocycles. The first-order valence-corrected chi connectivity index (χ1v) is 6.97. The Labute approximate surface area is 114 Å².